The van der Waals surface area contributed by atoms with Gasteiger partial charge in [0.1, 0.15) is 23.7 Å². The molecule has 15 nitrogen and oxygen atoms in total. The maximum atomic E-state index is 13.2. The molecule has 2 aliphatic heterocycles. The predicted octanol–water partition coefficient (Wildman–Crippen LogP) is -0.620. The number of carbonyl (C=O) groups is 5. The van der Waals surface area contributed by atoms with E-state index in [4.69, 9.17) is 9.47 Å². The highest BCUT2D eigenvalue weighted by Crippen LogP contribution is 2.29. The fraction of sp³-hybridized carbons (Fsp3) is 0.815. The number of hydrogen-bond acceptors (Lipinski definition) is 11. The normalized spacial score (nSPS) is 20.7. The lowest BCUT2D eigenvalue weighted by atomic mass is 9.93. The zero-order valence-corrected chi connectivity index (χ0v) is 26.5. The van der Waals surface area contributed by atoms with Crippen molar-refractivity contribution in [3.8, 4) is 0 Å². The Morgan fingerprint density at radius 3 is 1.48 bits per heavy atom. The molecular weight excluding hydrogens is 668 g/mol. The van der Waals surface area contributed by atoms with Gasteiger partial charge in [0.2, 0.25) is 23.6 Å². The number of epoxide rings is 1. The van der Waals surface area contributed by atoms with Gasteiger partial charge in [0.05, 0.1) is 52.2 Å². The second-order valence-electron chi connectivity index (χ2n) is 11.5. The molecular formula is C27H41F6N5O10. The van der Waals surface area contributed by atoms with Gasteiger partial charge in [-0.15, -0.1) is 0 Å². The minimum absolute atomic E-state index is 0.0769. The van der Waals surface area contributed by atoms with Gasteiger partial charge in [-0.05, 0) is 19.3 Å². The highest BCUT2D eigenvalue weighted by molar-refractivity contribution is 5.98. The number of halogens is 6. The van der Waals surface area contributed by atoms with E-state index >= 15 is 0 Å². The summed E-state index contributed by atoms with van der Waals surface area (Å²) in [6.07, 6.45) is 0.0974. The molecule has 2 aliphatic rings. The van der Waals surface area contributed by atoms with Gasteiger partial charge in [0.15, 0.2) is 5.78 Å². The average Bonchev–Trinajstić information content (AvgIpc) is 3.76. The number of morpholine rings is 1. The molecule has 2 fully saturated rings. The lowest BCUT2D eigenvalue weighted by Crippen LogP contribution is -2.61. The van der Waals surface area contributed by atoms with Gasteiger partial charge in [-0.1, -0.05) is 13.8 Å². The Morgan fingerprint density at radius 1 is 0.708 bits per heavy atom. The van der Waals surface area contributed by atoms with Gasteiger partial charge in [-0.25, -0.2) is 0 Å². The van der Waals surface area contributed by atoms with Crippen molar-refractivity contribution in [2.24, 2.45) is 5.92 Å². The summed E-state index contributed by atoms with van der Waals surface area (Å²) in [5.74, 6) is -5.43. The lowest BCUT2D eigenvalue weighted by molar-refractivity contribution is -0.156. The van der Waals surface area contributed by atoms with Crippen LogP contribution in [0, 0.1) is 5.92 Å². The molecule has 0 aromatic carbocycles. The molecule has 2 saturated heterocycles. The van der Waals surface area contributed by atoms with Crippen LogP contribution in [0.2, 0.25) is 0 Å². The standard InChI is InChI=1S/C27H41F6N5O10/c1-14(2)8-15(20(40)27(3)13-48-27)35-22(42)17(11-46-25(30)31)37-23(43)18(12-47-26(32)33)36-21(41)16(10-45-24(28)29)34-19(39)9-38-4-6-44-7-5-38/h14-18,24-26H,4-13H2,1-3H3,(H,34,39)(H,35,42)(H,36,41)(H,37,43)/t15-,16-,17-,18-,27+/m0/s1. The lowest BCUT2D eigenvalue weighted by Gasteiger charge is -2.28. The van der Waals surface area contributed by atoms with Crippen LogP contribution in [-0.4, -0.2) is 143 Å². The monoisotopic (exact) mass is 709 g/mol. The number of amides is 4. The molecule has 276 valence electrons. The molecule has 0 spiro atoms. The van der Waals surface area contributed by atoms with E-state index in [1.165, 1.54) is 6.92 Å². The Morgan fingerprint density at radius 2 is 1.10 bits per heavy atom. The number of Topliss-reactive ketones (excluding diaryl/α,β-unsaturated/α-hetero) is 1. The molecule has 4 amide bonds. The van der Waals surface area contributed by atoms with E-state index in [-0.39, 0.29) is 25.5 Å². The summed E-state index contributed by atoms with van der Waals surface area (Å²) in [6, 6.07) is -7.10. The van der Waals surface area contributed by atoms with E-state index in [0.29, 0.717) is 26.3 Å². The number of ether oxygens (including phenoxy) is 5. The number of nitrogens with zero attached hydrogens (tertiary/aromatic N) is 1. The van der Waals surface area contributed by atoms with Crippen LogP contribution in [0.1, 0.15) is 27.2 Å². The fourth-order valence-electron chi connectivity index (χ4n) is 4.40. The molecule has 48 heavy (non-hydrogen) atoms. The van der Waals surface area contributed by atoms with Crippen molar-refractivity contribution in [3.05, 3.63) is 0 Å². The number of alkyl halides is 6. The van der Waals surface area contributed by atoms with Crippen molar-refractivity contribution in [1.82, 2.24) is 26.2 Å². The van der Waals surface area contributed by atoms with Crippen LogP contribution < -0.4 is 21.3 Å². The first-order chi connectivity index (χ1) is 22.5. The summed E-state index contributed by atoms with van der Waals surface area (Å²) in [4.78, 5) is 66.5. The third-order valence-electron chi connectivity index (χ3n) is 6.99. The van der Waals surface area contributed by atoms with Crippen molar-refractivity contribution in [3.63, 3.8) is 0 Å². The van der Waals surface area contributed by atoms with Crippen LogP contribution in [0.4, 0.5) is 26.3 Å². The first-order valence-corrected chi connectivity index (χ1v) is 14.9. The predicted molar refractivity (Wildman–Crippen MR) is 150 cm³/mol. The van der Waals surface area contributed by atoms with E-state index in [0.717, 1.165) is 0 Å². The van der Waals surface area contributed by atoms with Gasteiger partial charge in [0.25, 0.3) is 0 Å². The Balaban J connectivity index is 2.22. The van der Waals surface area contributed by atoms with Gasteiger partial charge >= 0.3 is 19.8 Å². The summed E-state index contributed by atoms with van der Waals surface area (Å²) >= 11 is 0. The number of rotatable bonds is 22. The van der Waals surface area contributed by atoms with Gasteiger partial charge in [0, 0.05) is 13.1 Å². The maximum absolute atomic E-state index is 13.2. The number of ketones is 1. The number of hydrogen-bond donors (Lipinski definition) is 4. The zero-order valence-electron chi connectivity index (χ0n) is 26.5. The topological polar surface area (TPSA) is 186 Å². The molecule has 0 unspecified atom stereocenters. The zero-order chi connectivity index (χ0) is 36.0. The third-order valence-corrected chi connectivity index (χ3v) is 6.99. The SMILES string of the molecule is CC(C)C[C@H](NC(=O)[C@H](COC(F)F)NC(=O)[C@H](COC(F)F)NC(=O)[C@H](COC(F)F)NC(=O)CN1CCOCC1)C(=O)[C@@]1(C)CO1. The molecule has 0 aromatic rings. The maximum Gasteiger partial charge on any atom is 0.345 e. The summed E-state index contributed by atoms with van der Waals surface area (Å²) in [5.41, 5.74) is -1.19. The Bertz CT molecular complexity index is 1080. The van der Waals surface area contributed by atoms with E-state index in [9.17, 15) is 50.3 Å². The number of nitrogens with one attached hydrogen (secondary N) is 4. The molecule has 0 aromatic heterocycles. The molecule has 5 atom stereocenters. The third kappa shape index (κ3) is 15.0. The van der Waals surface area contributed by atoms with Crippen LogP contribution in [0.3, 0.4) is 0 Å². The van der Waals surface area contributed by atoms with Crippen molar-refractivity contribution in [1.29, 1.82) is 0 Å². The summed E-state index contributed by atoms with van der Waals surface area (Å²) in [6.45, 7) is -7.69. The Hall–Kier alpha value is -3.11. The van der Waals surface area contributed by atoms with Crippen molar-refractivity contribution >= 4 is 29.4 Å². The van der Waals surface area contributed by atoms with Crippen LogP contribution >= 0.6 is 0 Å². The van der Waals surface area contributed by atoms with Crippen molar-refractivity contribution in [2.45, 2.75) is 76.8 Å². The van der Waals surface area contributed by atoms with Crippen molar-refractivity contribution in [2.75, 3.05) is 59.3 Å². The van der Waals surface area contributed by atoms with Gasteiger partial charge in [-0.3, -0.25) is 28.9 Å². The Kier molecular flexibility index (Phi) is 16.9. The van der Waals surface area contributed by atoms with E-state index in [1.54, 1.807) is 18.7 Å². The second-order valence-corrected chi connectivity index (χ2v) is 11.5. The average molecular weight is 710 g/mol. The van der Waals surface area contributed by atoms with E-state index in [1.807, 2.05) is 10.6 Å². The quantitative estimate of drug-likeness (QED) is 0.0830. The molecule has 0 aliphatic carbocycles. The molecule has 0 radical (unpaired) electrons. The minimum atomic E-state index is -3.47. The summed E-state index contributed by atoms with van der Waals surface area (Å²) in [7, 11) is 0. The second kappa shape index (κ2) is 19.8. The van der Waals surface area contributed by atoms with Crippen LogP contribution in [-0.2, 0) is 47.7 Å². The molecule has 4 N–H and O–H groups in total. The molecule has 0 bridgehead atoms. The van der Waals surface area contributed by atoms with Crippen LogP contribution in [0.15, 0.2) is 0 Å². The van der Waals surface area contributed by atoms with E-state index in [2.05, 4.69) is 24.8 Å². The van der Waals surface area contributed by atoms with E-state index < -0.39 is 98.8 Å². The van der Waals surface area contributed by atoms with Crippen molar-refractivity contribution < 1.29 is 74.0 Å². The highest BCUT2D eigenvalue weighted by Gasteiger charge is 2.50. The fourth-order valence-corrected chi connectivity index (χ4v) is 4.40. The largest absolute Gasteiger partial charge is 0.379 e. The molecule has 2 rings (SSSR count). The van der Waals surface area contributed by atoms with Crippen LogP contribution in [0.5, 0.6) is 0 Å². The molecule has 2 heterocycles. The van der Waals surface area contributed by atoms with Gasteiger partial charge < -0.3 is 45.0 Å². The van der Waals surface area contributed by atoms with Crippen LogP contribution in [0.25, 0.3) is 0 Å². The highest BCUT2D eigenvalue weighted by atomic mass is 19.3. The number of carbonyl (C=O) groups excluding carboxylic acids is 5. The first kappa shape index (κ1) is 41.1. The summed E-state index contributed by atoms with van der Waals surface area (Å²) in [5, 5.41) is 8.47. The first-order valence-electron chi connectivity index (χ1n) is 14.9. The minimum Gasteiger partial charge on any atom is -0.379 e. The summed E-state index contributed by atoms with van der Waals surface area (Å²) < 4.78 is 100. The Labute approximate surface area is 272 Å². The van der Waals surface area contributed by atoms with Gasteiger partial charge in [-0.2, -0.15) is 26.3 Å². The molecule has 0 saturated carbocycles. The smallest absolute Gasteiger partial charge is 0.345 e. The molecule has 21 heteroatoms.